The minimum Gasteiger partial charge on any atom is -0.385 e. The highest BCUT2D eigenvalue weighted by molar-refractivity contribution is 6.23. The summed E-state index contributed by atoms with van der Waals surface area (Å²) in [6, 6.07) is 8.87. The van der Waals surface area contributed by atoms with Crippen LogP contribution < -0.4 is 10.6 Å². The van der Waals surface area contributed by atoms with Crippen molar-refractivity contribution in [2.45, 2.75) is 76.4 Å². The van der Waals surface area contributed by atoms with Gasteiger partial charge in [0.25, 0.3) is 11.8 Å². The van der Waals surface area contributed by atoms with Gasteiger partial charge >= 0.3 is 0 Å². The number of benzene rings is 1. The van der Waals surface area contributed by atoms with E-state index in [1.54, 1.807) is 18.2 Å². The van der Waals surface area contributed by atoms with Gasteiger partial charge in [-0.15, -0.1) is 0 Å². The van der Waals surface area contributed by atoms with Gasteiger partial charge in [0.2, 0.25) is 11.8 Å². The molecule has 2 aliphatic carbocycles. The maximum Gasteiger partial charge on any atom is 0.262 e. The van der Waals surface area contributed by atoms with Crippen LogP contribution in [0.2, 0.25) is 0 Å². The largest absolute Gasteiger partial charge is 0.385 e. The average Bonchev–Trinajstić information content (AvgIpc) is 3.52. The zero-order chi connectivity index (χ0) is 31.0. The molecule has 4 amide bonds. The Hall–Kier alpha value is -4.87. The second kappa shape index (κ2) is 10.4. The maximum absolute atomic E-state index is 13.2. The van der Waals surface area contributed by atoms with E-state index in [0.717, 1.165) is 70.8 Å². The van der Waals surface area contributed by atoms with E-state index >= 15 is 0 Å². The predicted octanol–water partition coefficient (Wildman–Crippen LogP) is 4.22. The number of pyridine rings is 1. The lowest BCUT2D eigenvalue weighted by Crippen LogP contribution is -2.54. The second-order valence-corrected chi connectivity index (χ2v) is 13.1. The van der Waals surface area contributed by atoms with E-state index in [2.05, 4.69) is 52.6 Å². The van der Waals surface area contributed by atoms with E-state index in [0.29, 0.717) is 17.9 Å². The Balaban J connectivity index is 0.930. The molecule has 4 aliphatic rings. The number of carbonyl (C=O) groups excluding carboxylic acids is 4. The number of hydrogen-bond acceptors (Lipinski definition) is 8. The second-order valence-electron chi connectivity index (χ2n) is 13.1. The third-order valence-corrected chi connectivity index (χ3v) is 9.55. The number of fused-ring (bicyclic) bond motifs is 2. The molecule has 2 aliphatic heterocycles. The molecule has 2 saturated carbocycles. The molecule has 5 heterocycles. The molecule has 8 rings (SSSR count). The minimum absolute atomic E-state index is 0.0954. The number of aromatic nitrogens is 5. The van der Waals surface area contributed by atoms with Gasteiger partial charge in [-0.25, -0.2) is 9.67 Å². The van der Waals surface area contributed by atoms with Crippen LogP contribution in [0.1, 0.15) is 96.8 Å². The number of hydrogen-bond donors (Lipinski definition) is 2. The summed E-state index contributed by atoms with van der Waals surface area (Å²) >= 11 is 0. The summed E-state index contributed by atoms with van der Waals surface area (Å²) in [5, 5.41) is 16.3. The van der Waals surface area contributed by atoms with Gasteiger partial charge in [-0.2, -0.15) is 10.2 Å². The molecule has 230 valence electrons. The van der Waals surface area contributed by atoms with Gasteiger partial charge in [-0.05, 0) is 82.2 Å². The predicted molar refractivity (Wildman–Crippen MR) is 164 cm³/mol. The zero-order valence-corrected chi connectivity index (χ0v) is 25.2. The molecule has 1 atom stereocenters. The lowest BCUT2D eigenvalue weighted by molar-refractivity contribution is -0.136. The molecule has 0 bridgehead atoms. The Bertz CT molecular complexity index is 1900. The van der Waals surface area contributed by atoms with Gasteiger partial charge in [0.1, 0.15) is 6.04 Å². The fraction of sp³-hybridized carbons (Fsp3) is 0.424. The Morgan fingerprint density at radius 2 is 1.78 bits per heavy atom. The molecule has 1 saturated heterocycles. The van der Waals surface area contributed by atoms with Crippen LogP contribution in [0, 0.1) is 5.92 Å². The zero-order valence-electron chi connectivity index (χ0n) is 25.2. The summed E-state index contributed by atoms with van der Waals surface area (Å²) in [5.41, 5.74) is 5.40. The molecule has 3 aromatic heterocycles. The van der Waals surface area contributed by atoms with Crippen molar-refractivity contribution in [1.82, 2.24) is 34.8 Å². The van der Waals surface area contributed by atoms with E-state index in [9.17, 15) is 19.2 Å². The molecule has 45 heavy (non-hydrogen) atoms. The van der Waals surface area contributed by atoms with Crippen LogP contribution in [-0.2, 0) is 9.59 Å². The number of imide groups is 2. The molecule has 12 nitrogen and oxygen atoms in total. The number of nitrogens with one attached hydrogen (secondary N) is 2. The Morgan fingerprint density at radius 1 is 0.978 bits per heavy atom. The van der Waals surface area contributed by atoms with E-state index in [4.69, 9.17) is 10.1 Å². The SMILES string of the molecule is CC(C)n1ncc2ccc(-c3cn([C@H]4C[C@H](CNc5ccc6c(c5)C(=O)N(C5CCC(=O)NC5=O)C6=O)C4)nc3C3CC3)nc21. The monoisotopic (exact) mass is 606 g/mol. The summed E-state index contributed by atoms with van der Waals surface area (Å²) in [6.07, 6.45) is 8.56. The van der Waals surface area contributed by atoms with Gasteiger partial charge in [-0.3, -0.25) is 34.1 Å². The van der Waals surface area contributed by atoms with Gasteiger partial charge in [0.15, 0.2) is 5.65 Å². The van der Waals surface area contributed by atoms with Gasteiger partial charge in [-0.1, -0.05) is 0 Å². The van der Waals surface area contributed by atoms with Crippen molar-refractivity contribution in [1.29, 1.82) is 0 Å². The standard InChI is InChI=1S/C33H34N8O4/c1-17(2)41-30-20(15-35-41)5-8-26(36-30)25-16-39(38-29(25)19-3-4-19)22-11-18(12-22)14-34-21-6-7-23-24(13-21)33(45)40(32(23)44)27-9-10-28(42)37-31(27)43/h5-8,13,15-19,22,27,34H,3-4,9-12,14H2,1-2H3,(H,37,42,43)/t18-,22-,27?. The van der Waals surface area contributed by atoms with Crippen molar-refractivity contribution in [2.24, 2.45) is 5.92 Å². The highest BCUT2D eigenvalue weighted by atomic mass is 16.2. The number of piperidine rings is 1. The molecule has 2 N–H and O–H groups in total. The van der Waals surface area contributed by atoms with E-state index in [-0.39, 0.29) is 30.0 Å². The lowest BCUT2D eigenvalue weighted by Gasteiger charge is -2.35. The molecule has 12 heteroatoms. The fourth-order valence-electron chi connectivity index (χ4n) is 6.83. The highest BCUT2D eigenvalue weighted by Gasteiger charge is 2.44. The van der Waals surface area contributed by atoms with E-state index in [1.165, 1.54) is 0 Å². The topological polar surface area (TPSA) is 144 Å². The minimum atomic E-state index is -0.969. The van der Waals surface area contributed by atoms with Crippen molar-refractivity contribution >= 4 is 40.3 Å². The molecule has 4 aromatic rings. The molecular formula is C33H34N8O4. The number of anilines is 1. The van der Waals surface area contributed by atoms with Crippen LogP contribution >= 0.6 is 0 Å². The lowest BCUT2D eigenvalue weighted by atomic mass is 9.80. The smallest absolute Gasteiger partial charge is 0.262 e. The molecule has 1 aromatic carbocycles. The van der Waals surface area contributed by atoms with Crippen LogP contribution in [0.15, 0.2) is 42.7 Å². The third kappa shape index (κ3) is 4.70. The Kier molecular flexibility index (Phi) is 6.36. The van der Waals surface area contributed by atoms with E-state index in [1.807, 2.05) is 10.9 Å². The van der Waals surface area contributed by atoms with E-state index < -0.39 is 29.7 Å². The maximum atomic E-state index is 13.2. The first-order chi connectivity index (χ1) is 21.7. The van der Waals surface area contributed by atoms with Gasteiger partial charge in [0.05, 0.1) is 34.8 Å². The molecule has 3 fully saturated rings. The van der Waals surface area contributed by atoms with Crippen molar-refractivity contribution in [2.75, 3.05) is 11.9 Å². The first-order valence-corrected chi connectivity index (χ1v) is 15.8. The number of carbonyl (C=O) groups is 4. The molecular weight excluding hydrogens is 572 g/mol. The van der Waals surface area contributed by atoms with Crippen LogP contribution in [-0.4, -0.2) is 65.7 Å². The molecule has 1 unspecified atom stereocenters. The summed E-state index contributed by atoms with van der Waals surface area (Å²) in [6.45, 7) is 4.95. The van der Waals surface area contributed by atoms with Crippen molar-refractivity contribution in [3.63, 3.8) is 0 Å². The first-order valence-electron chi connectivity index (χ1n) is 15.8. The van der Waals surface area contributed by atoms with Crippen LogP contribution in [0.25, 0.3) is 22.3 Å². The van der Waals surface area contributed by atoms with Gasteiger partial charge in [0, 0.05) is 47.8 Å². The van der Waals surface area contributed by atoms with Crippen LogP contribution in [0.3, 0.4) is 0 Å². The van der Waals surface area contributed by atoms with Crippen LogP contribution in [0.4, 0.5) is 5.69 Å². The highest BCUT2D eigenvalue weighted by Crippen LogP contribution is 2.46. The Labute approximate surface area is 259 Å². The number of amides is 4. The molecule has 0 radical (unpaired) electrons. The third-order valence-electron chi connectivity index (χ3n) is 9.55. The quantitative estimate of drug-likeness (QED) is 0.284. The van der Waals surface area contributed by atoms with Gasteiger partial charge < -0.3 is 5.32 Å². The Morgan fingerprint density at radius 3 is 2.53 bits per heavy atom. The van der Waals surface area contributed by atoms with Crippen molar-refractivity contribution in [3.05, 3.63) is 59.5 Å². The van der Waals surface area contributed by atoms with Crippen molar-refractivity contribution < 1.29 is 19.2 Å². The summed E-state index contributed by atoms with van der Waals surface area (Å²) < 4.78 is 4.10. The number of rotatable bonds is 8. The molecule has 0 spiro atoms. The fourth-order valence-corrected chi connectivity index (χ4v) is 6.83. The number of nitrogens with zero attached hydrogens (tertiary/aromatic N) is 6. The first kappa shape index (κ1) is 27.7. The van der Waals surface area contributed by atoms with Crippen molar-refractivity contribution in [3.8, 4) is 11.3 Å². The normalized spacial score (nSPS) is 23.1. The summed E-state index contributed by atoms with van der Waals surface area (Å²) in [7, 11) is 0. The average molecular weight is 607 g/mol. The summed E-state index contributed by atoms with van der Waals surface area (Å²) in [4.78, 5) is 56.1. The summed E-state index contributed by atoms with van der Waals surface area (Å²) in [5.74, 6) is -1.07. The van der Waals surface area contributed by atoms with Crippen LogP contribution in [0.5, 0.6) is 0 Å².